The number of methoxy groups -OCH3 is 1. The molecule has 0 saturated heterocycles. The summed E-state index contributed by atoms with van der Waals surface area (Å²) in [7, 11) is -2.33. The lowest BCUT2D eigenvalue weighted by molar-refractivity contribution is 0.250. The van der Waals surface area contributed by atoms with Crippen LogP contribution in [-0.4, -0.2) is 41.2 Å². The van der Waals surface area contributed by atoms with Gasteiger partial charge in [0.15, 0.2) is 0 Å². The molecule has 1 aliphatic heterocycles. The summed E-state index contributed by atoms with van der Waals surface area (Å²) >= 11 is 0. The van der Waals surface area contributed by atoms with Crippen LogP contribution in [0.2, 0.25) is 0 Å². The van der Waals surface area contributed by atoms with E-state index in [2.05, 4.69) is 0 Å². The topological polar surface area (TPSA) is 107 Å². The number of nitrogens with zero attached hydrogens (tertiary/aromatic N) is 1. The molecule has 1 aliphatic rings. The van der Waals surface area contributed by atoms with E-state index in [0.717, 1.165) is 11.1 Å². The van der Waals surface area contributed by atoms with Gasteiger partial charge in [0.2, 0.25) is 10.0 Å². The molecule has 4 aromatic rings. The number of phenols is 3. The van der Waals surface area contributed by atoms with Crippen molar-refractivity contribution in [2.75, 3.05) is 7.11 Å². The standard InChI is InChI=1S/C30H31NO6S/c1-16-6-8-20(9-7-16)38(35,36)31-18(3)14-23-28(19(31)4)25(33)15-26(34)29(23)21-10-11-24(32)30-22(21)12-17(2)13-27(30)37-5/h6-13,15,18-19,32-34H,14H2,1-5H3/t18-,19-/m1/s1. The van der Waals surface area contributed by atoms with E-state index in [0.29, 0.717) is 38.8 Å². The number of hydrogen-bond acceptors (Lipinski definition) is 6. The van der Waals surface area contributed by atoms with Gasteiger partial charge in [0.1, 0.15) is 23.0 Å². The first-order valence-electron chi connectivity index (χ1n) is 12.4. The predicted molar refractivity (Wildman–Crippen MR) is 147 cm³/mol. The van der Waals surface area contributed by atoms with Gasteiger partial charge in [-0.3, -0.25) is 0 Å². The Hall–Kier alpha value is -3.75. The smallest absolute Gasteiger partial charge is 0.243 e. The molecular weight excluding hydrogens is 502 g/mol. The fourth-order valence-corrected chi connectivity index (χ4v) is 7.61. The summed E-state index contributed by atoms with van der Waals surface area (Å²) in [6.45, 7) is 7.40. The largest absolute Gasteiger partial charge is 0.507 e. The summed E-state index contributed by atoms with van der Waals surface area (Å²) < 4.78 is 34.4. The Morgan fingerprint density at radius 2 is 1.55 bits per heavy atom. The first-order chi connectivity index (χ1) is 17.9. The van der Waals surface area contributed by atoms with Crippen LogP contribution in [0.1, 0.15) is 42.1 Å². The second-order valence-electron chi connectivity index (χ2n) is 10.1. The van der Waals surface area contributed by atoms with Gasteiger partial charge in [0, 0.05) is 23.2 Å². The summed E-state index contributed by atoms with van der Waals surface area (Å²) in [4.78, 5) is 0.191. The molecule has 4 aromatic carbocycles. The fraction of sp³-hybridized carbons (Fsp3) is 0.267. The van der Waals surface area contributed by atoms with Crippen molar-refractivity contribution < 1.29 is 28.5 Å². The van der Waals surface area contributed by atoms with Crippen LogP contribution in [0, 0.1) is 13.8 Å². The molecule has 38 heavy (non-hydrogen) atoms. The molecule has 5 rings (SSSR count). The van der Waals surface area contributed by atoms with E-state index in [1.807, 2.05) is 32.9 Å². The van der Waals surface area contributed by atoms with Gasteiger partial charge < -0.3 is 20.1 Å². The van der Waals surface area contributed by atoms with Crippen LogP contribution in [0.5, 0.6) is 23.0 Å². The summed E-state index contributed by atoms with van der Waals surface area (Å²) in [5.41, 5.74) is 4.15. The average Bonchev–Trinajstić information content (AvgIpc) is 2.84. The van der Waals surface area contributed by atoms with Crippen LogP contribution < -0.4 is 4.74 Å². The van der Waals surface area contributed by atoms with Gasteiger partial charge in [0.05, 0.1) is 23.4 Å². The maximum absolute atomic E-state index is 13.7. The highest BCUT2D eigenvalue weighted by Gasteiger charge is 2.41. The van der Waals surface area contributed by atoms with Crippen LogP contribution in [0.25, 0.3) is 21.9 Å². The minimum Gasteiger partial charge on any atom is -0.507 e. The van der Waals surface area contributed by atoms with Gasteiger partial charge in [-0.1, -0.05) is 23.8 Å². The lowest BCUT2D eigenvalue weighted by Crippen LogP contribution is -2.45. The van der Waals surface area contributed by atoms with E-state index < -0.39 is 22.1 Å². The highest BCUT2D eigenvalue weighted by Crippen LogP contribution is 2.50. The third-order valence-electron chi connectivity index (χ3n) is 7.45. The first kappa shape index (κ1) is 25.9. The van der Waals surface area contributed by atoms with Crippen LogP contribution >= 0.6 is 0 Å². The predicted octanol–water partition coefficient (Wildman–Crippen LogP) is 5.95. The van der Waals surface area contributed by atoms with Crippen molar-refractivity contribution in [3.05, 3.63) is 76.9 Å². The molecule has 0 aromatic heterocycles. The SMILES string of the molecule is COc1cc(C)cc2c(-c3c(O)cc(O)c4c3C[C@@H](C)N(S(=O)(=O)c3ccc(C)cc3)[C@@H]4C)ccc(O)c12. The van der Waals surface area contributed by atoms with Crippen LogP contribution in [0.15, 0.2) is 59.5 Å². The van der Waals surface area contributed by atoms with Gasteiger partial charge in [-0.25, -0.2) is 8.42 Å². The zero-order valence-electron chi connectivity index (χ0n) is 22.0. The molecule has 7 nitrogen and oxygen atoms in total. The fourth-order valence-electron chi connectivity index (χ4n) is 5.82. The minimum absolute atomic E-state index is 0.0461. The molecule has 2 atom stereocenters. The monoisotopic (exact) mass is 533 g/mol. The van der Waals surface area contributed by atoms with Gasteiger partial charge in [-0.05, 0) is 86.5 Å². The van der Waals surface area contributed by atoms with E-state index in [1.165, 1.54) is 17.5 Å². The van der Waals surface area contributed by atoms with E-state index in [-0.39, 0.29) is 28.6 Å². The maximum Gasteiger partial charge on any atom is 0.243 e. The molecule has 0 radical (unpaired) electrons. The average molecular weight is 534 g/mol. The van der Waals surface area contributed by atoms with Crippen LogP contribution in [0.4, 0.5) is 0 Å². The molecule has 0 saturated carbocycles. The molecular formula is C30H31NO6S. The second-order valence-corrected chi connectivity index (χ2v) is 11.9. The Morgan fingerprint density at radius 1 is 0.868 bits per heavy atom. The highest BCUT2D eigenvalue weighted by molar-refractivity contribution is 7.89. The summed E-state index contributed by atoms with van der Waals surface area (Å²) in [6.07, 6.45) is 0.271. The molecule has 1 heterocycles. The minimum atomic E-state index is -3.87. The quantitative estimate of drug-likeness (QED) is 0.299. The molecule has 0 amide bonds. The van der Waals surface area contributed by atoms with Crippen molar-refractivity contribution >= 4 is 20.8 Å². The Kier molecular flexibility index (Phi) is 6.28. The van der Waals surface area contributed by atoms with Crippen molar-refractivity contribution in [2.45, 2.75) is 51.1 Å². The van der Waals surface area contributed by atoms with E-state index in [4.69, 9.17) is 4.74 Å². The zero-order valence-corrected chi connectivity index (χ0v) is 22.8. The maximum atomic E-state index is 13.7. The van der Waals surface area contributed by atoms with Crippen molar-refractivity contribution in [3.8, 4) is 34.1 Å². The molecule has 3 N–H and O–H groups in total. The van der Waals surface area contributed by atoms with E-state index in [9.17, 15) is 23.7 Å². The molecule has 198 valence electrons. The van der Waals surface area contributed by atoms with Crippen molar-refractivity contribution in [3.63, 3.8) is 0 Å². The van der Waals surface area contributed by atoms with Crippen LogP contribution in [-0.2, 0) is 16.4 Å². The summed E-state index contributed by atoms with van der Waals surface area (Å²) in [6, 6.07) is 13.9. The summed E-state index contributed by atoms with van der Waals surface area (Å²) in [5, 5.41) is 34.0. The van der Waals surface area contributed by atoms with Crippen molar-refractivity contribution in [1.82, 2.24) is 4.31 Å². The molecule has 0 fully saturated rings. The molecule has 0 spiro atoms. The molecule has 8 heteroatoms. The highest BCUT2D eigenvalue weighted by atomic mass is 32.2. The summed E-state index contributed by atoms with van der Waals surface area (Å²) in [5.74, 6) is 0.262. The van der Waals surface area contributed by atoms with Crippen molar-refractivity contribution in [1.29, 1.82) is 0 Å². The van der Waals surface area contributed by atoms with Gasteiger partial charge >= 0.3 is 0 Å². The number of benzene rings is 4. The van der Waals surface area contributed by atoms with Gasteiger partial charge in [0.25, 0.3) is 0 Å². The van der Waals surface area contributed by atoms with Crippen LogP contribution in [0.3, 0.4) is 0 Å². The Balaban J connectivity index is 1.75. The number of rotatable bonds is 4. The van der Waals surface area contributed by atoms with E-state index in [1.54, 1.807) is 43.3 Å². The Bertz CT molecular complexity index is 1680. The number of ether oxygens (including phenoxy) is 1. The molecule has 0 unspecified atom stereocenters. The Morgan fingerprint density at radius 3 is 2.21 bits per heavy atom. The molecule has 0 bridgehead atoms. The van der Waals surface area contributed by atoms with E-state index >= 15 is 0 Å². The number of hydrogen-bond donors (Lipinski definition) is 3. The number of sulfonamides is 1. The Labute approximate surface area is 222 Å². The molecule has 0 aliphatic carbocycles. The van der Waals surface area contributed by atoms with Crippen molar-refractivity contribution in [2.24, 2.45) is 0 Å². The number of fused-ring (bicyclic) bond motifs is 2. The van der Waals surface area contributed by atoms with Gasteiger partial charge in [-0.15, -0.1) is 0 Å². The van der Waals surface area contributed by atoms with Gasteiger partial charge in [-0.2, -0.15) is 4.31 Å². The number of aryl methyl sites for hydroxylation is 2. The second kappa shape index (κ2) is 9.22. The normalized spacial score (nSPS) is 17.9. The first-order valence-corrected chi connectivity index (χ1v) is 13.9. The number of phenolic OH excluding ortho intramolecular Hbond substituents is 3. The zero-order chi connectivity index (χ0) is 27.5. The lowest BCUT2D eigenvalue weighted by atomic mass is 9.83. The third-order valence-corrected chi connectivity index (χ3v) is 9.55. The third kappa shape index (κ3) is 3.95. The number of aromatic hydroxyl groups is 3. The lowest BCUT2D eigenvalue weighted by Gasteiger charge is -2.40.